The molecule has 0 aliphatic carbocycles. The fourth-order valence-electron chi connectivity index (χ4n) is 1.53. The highest BCUT2D eigenvalue weighted by Crippen LogP contribution is 2.19. The molecule has 0 unspecified atom stereocenters. The van der Waals surface area contributed by atoms with Crippen molar-refractivity contribution < 1.29 is 9.42 Å². The number of nitrogens with zero attached hydrogens (tertiary/aromatic N) is 3. The van der Waals surface area contributed by atoms with Crippen molar-refractivity contribution in [2.45, 2.75) is 33.1 Å². The molecule has 2 aromatic heterocycles. The molecule has 0 fully saturated rings. The predicted molar refractivity (Wildman–Crippen MR) is 71.3 cm³/mol. The fraction of sp³-hybridized carbons (Fsp3) is 0.500. The smallest absolute Gasteiger partial charge is 0.275 e. The number of hydrogen-bond acceptors (Lipinski definition) is 6. The minimum Gasteiger partial charge on any atom is -0.350 e. The number of thiazole rings is 1. The number of aryl methyl sites for hydroxylation is 1. The maximum Gasteiger partial charge on any atom is 0.275 e. The SMILES string of the molecule is Cc1nonc1C(=O)NCCc1csc(C(C)C)n1. The van der Waals surface area contributed by atoms with Crippen LogP contribution >= 0.6 is 11.3 Å². The largest absolute Gasteiger partial charge is 0.350 e. The summed E-state index contributed by atoms with van der Waals surface area (Å²) < 4.78 is 4.49. The van der Waals surface area contributed by atoms with Crippen LogP contribution in [-0.2, 0) is 6.42 Å². The van der Waals surface area contributed by atoms with Gasteiger partial charge in [0.25, 0.3) is 5.91 Å². The van der Waals surface area contributed by atoms with E-state index in [0.717, 1.165) is 10.7 Å². The summed E-state index contributed by atoms with van der Waals surface area (Å²) in [6, 6.07) is 0. The fourth-order valence-corrected chi connectivity index (χ4v) is 2.40. The third kappa shape index (κ3) is 3.37. The number of carbonyl (C=O) groups is 1. The predicted octanol–water partition coefficient (Wildman–Crippen LogP) is 1.93. The minimum absolute atomic E-state index is 0.237. The average molecular weight is 280 g/mol. The van der Waals surface area contributed by atoms with Crippen molar-refractivity contribution in [3.8, 4) is 0 Å². The molecule has 6 nitrogen and oxygen atoms in total. The summed E-state index contributed by atoms with van der Waals surface area (Å²) in [5.74, 6) is 0.176. The molecule has 0 radical (unpaired) electrons. The first-order valence-electron chi connectivity index (χ1n) is 6.09. The third-order valence-corrected chi connectivity index (χ3v) is 3.79. The number of amides is 1. The highest BCUT2D eigenvalue weighted by atomic mass is 32.1. The second kappa shape index (κ2) is 5.92. The van der Waals surface area contributed by atoms with Crippen molar-refractivity contribution in [2.75, 3.05) is 6.54 Å². The minimum atomic E-state index is -0.266. The molecule has 1 amide bonds. The number of rotatable bonds is 5. The Morgan fingerprint density at radius 2 is 2.26 bits per heavy atom. The van der Waals surface area contributed by atoms with Gasteiger partial charge in [-0.05, 0) is 12.1 Å². The van der Waals surface area contributed by atoms with Gasteiger partial charge in [-0.2, -0.15) is 0 Å². The van der Waals surface area contributed by atoms with Crippen LogP contribution in [-0.4, -0.2) is 27.7 Å². The van der Waals surface area contributed by atoms with Gasteiger partial charge in [0.05, 0.1) is 10.7 Å². The van der Waals surface area contributed by atoms with E-state index in [2.05, 4.69) is 39.1 Å². The summed E-state index contributed by atoms with van der Waals surface area (Å²) in [5, 5.41) is 13.1. The van der Waals surface area contributed by atoms with Crippen molar-refractivity contribution in [1.29, 1.82) is 0 Å². The van der Waals surface area contributed by atoms with E-state index in [-0.39, 0.29) is 11.6 Å². The van der Waals surface area contributed by atoms with Crippen molar-refractivity contribution in [2.24, 2.45) is 0 Å². The van der Waals surface area contributed by atoms with Gasteiger partial charge in [-0.1, -0.05) is 19.0 Å². The second-order valence-corrected chi connectivity index (χ2v) is 5.43. The first-order chi connectivity index (χ1) is 9.08. The van der Waals surface area contributed by atoms with Gasteiger partial charge in [0.2, 0.25) is 0 Å². The molecule has 0 aliphatic rings. The second-order valence-electron chi connectivity index (χ2n) is 4.54. The van der Waals surface area contributed by atoms with Crippen LogP contribution in [0.5, 0.6) is 0 Å². The van der Waals surface area contributed by atoms with Crippen molar-refractivity contribution >= 4 is 17.2 Å². The number of hydrogen-bond donors (Lipinski definition) is 1. The summed E-state index contributed by atoms with van der Waals surface area (Å²) >= 11 is 1.66. The normalized spacial score (nSPS) is 10.9. The van der Waals surface area contributed by atoms with Gasteiger partial charge in [-0.15, -0.1) is 11.3 Å². The van der Waals surface area contributed by atoms with Crippen molar-refractivity contribution in [3.05, 3.63) is 27.5 Å². The highest BCUT2D eigenvalue weighted by molar-refractivity contribution is 7.09. The van der Waals surface area contributed by atoms with Gasteiger partial charge < -0.3 is 5.32 Å². The Morgan fingerprint density at radius 1 is 1.47 bits per heavy atom. The molecule has 0 aromatic carbocycles. The summed E-state index contributed by atoms with van der Waals surface area (Å²) in [5.41, 5.74) is 1.73. The van der Waals surface area contributed by atoms with Crippen molar-refractivity contribution in [3.63, 3.8) is 0 Å². The van der Waals surface area contributed by atoms with Crippen LogP contribution in [0.25, 0.3) is 0 Å². The van der Waals surface area contributed by atoms with E-state index in [9.17, 15) is 4.79 Å². The zero-order chi connectivity index (χ0) is 13.8. The molecule has 19 heavy (non-hydrogen) atoms. The molecule has 0 saturated heterocycles. The Labute approximate surface area is 115 Å². The number of nitrogens with one attached hydrogen (secondary N) is 1. The Balaban J connectivity index is 1.83. The summed E-state index contributed by atoms with van der Waals surface area (Å²) in [4.78, 5) is 16.2. The third-order valence-electron chi connectivity index (χ3n) is 2.60. The quantitative estimate of drug-likeness (QED) is 0.905. The molecule has 2 heterocycles. The molecule has 2 aromatic rings. The van der Waals surface area contributed by atoms with E-state index in [0.29, 0.717) is 24.6 Å². The Morgan fingerprint density at radius 3 is 2.84 bits per heavy atom. The summed E-state index contributed by atoms with van der Waals surface area (Å²) in [6.45, 7) is 6.43. The lowest BCUT2D eigenvalue weighted by molar-refractivity contribution is 0.0944. The van der Waals surface area contributed by atoms with Gasteiger partial charge in [-0.25, -0.2) is 9.61 Å². The lowest BCUT2D eigenvalue weighted by Gasteiger charge is -2.01. The van der Waals surface area contributed by atoms with E-state index in [1.807, 2.05) is 5.38 Å². The Bertz CT molecular complexity index is 562. The summed E-state index contributed by atoms with van der Waals surface area (Å²) in [6.07, 6.45) is 0.708. The van der Waals surface area contributed by atoms with E-state index in [1.54, 1.807) is 18.3 Å². The zero-order valence-corrected chi connectivity index (χ0v) is 12.0. The number of carbonyl (C=O) groups excluding carboxylic acids is 1. The molecule has 7 heteroatoms. The van der Waals surface area contributed by atoms with Crippen LogP contribution < -0.4 is 5.32 Å². The highest BCUT2D eigenvalue weighted by Gasteiger charge is 2.14. The molecular formula is C12H16N4O2S. The van der Waals surface area contributed by atoms with Gasteiger partial charge in [0.1, 0.15) is 5.69 Å². The zero-order valence-electron chi connectivity index (χ0n) is 11.1. The van der Waals surface area contributed by atoms with Crippen molar-refractivity contribution in [1.82, 2.24) is 20.6 Å². The topological polar surface area (TPSA) is 80.9 Å². The lowest BCUT2D eigenvalue weighted by Crippen LogP contribution is -2.26. The van der Waals surface area contributed by atoms with Gasteiger partial charge in [0, 0.05) is 24.3 Å². The van der Waals surface area contributed by atoms with Crippen LogP contribution in [0.3, 0.4) is 0 Å². The van der Waals surface area contributed by atoms with E-state index in [1.165, 1.54) is 0 Å². The van der Waals surface area contributed by atoms with E-state index < -0.39 is 0 Å². The molecule has 0 saturated carbocycles. The molecule has 2 rings (SSSR count). The van der Waals surface area contributed by atoms with Crippen LogP contribution in [0.2, 0.25) is 0 Å². The lowest BCUT2D eigenvalue weighted by atomic mass is 10.2. The van der Waals surface area contributed by atoms with Crippen LogP contribution in [0.15, 0.2) is 10.0 Å². The molecule has 0 aliphatic heterocycles. The standard InChI is InChI=1S/C12H16N4O2S/c1-7(2)12-14-9(6-19-12)4-5-13-11(17)10-8(3)15-18-16-10/h6-7H,4-5H2,1-3H3,(H,13,17). The van der Waals surface area contributed by atoms with Crippen LogP contribution in [0.1, 0.15) is 46.6 Å². The first kappa shape index (κ1) is 13.7. The molecule has 1 N–H and O–H groups in total. The van der Waals surface area contributed by atoms with Gasteiger partial charge in [0.15, 0.2) is 5.69 Å². The summed E-state index contributed by atoms with van der Waals surface area (Å²) in [7, 11) is 0. The average Bonchev–Trinajstić information content (AvgIpc) is 2.97. The maximum absolute atomic E-state index is 11.7. The van der Waals surface area contributed by atoms with Gasteiger partial charge in [-0.3, -0.25) is 4.79 Å². The molecule has 0 bridgehead atoms. The molecular weight excluding hydrogens is 264 g/mol. The first-order valence-corrected chi connectivity index (χ1v) is 6.97. The van der Waals surface area contributed by atoms with E-state index in [4.69, 9.17) is 0 Å². The number of aromatic nitrogens is 3. The molecule has 102 valence electrons. The Hall–Kier alpha value is -1.76. The van der Waals surface area contributed by atoms with Crippen LogP contribution in [0, 0.1) is 6.92 Å². The molecule has 0 atom stereocenters. The van der Waals surface area contributed by atoms with Gasteiger partial charge >= 0.3 is 0 Å². The monoisotopic (exact) mass is 280 g/mol. The van der Waals surface area contributed by atoms with E-state index >= 15 is 0 Å². The maximum atomic E-state index is 11.7. The Kier molecular flexibility index (Phi) is 4.26. The molecule has 0 spiro atoms. The van der Waals surface area contributed by atoms with Crippen LogP contribution in [0.4, 0.5) is 0 Å².